The number of nitrogens with zero attached hydrogens (tertiary/aromatic N) is 1. The van der Waals surface area contributed by atoms with Gasteiger partial charge >= 0.3 is 0 Å². The first kappa shape index (κ1) is 14.0. The van der Waals surface area contributed by atoms with Gasteiger partial charge in [0.05, 0.1) is 0 Å². The van der Waals surface area contributed by atoms with Crippen LogP contribution in [0, 0.1) is 5.92 Å². The van der Waals surface area contributed by atoms with Gasteiger partial charge in [-0.25, -0.2) is 0 Å². The Morgan fingerprint density at radius 3 is 2.89 bits per heavy atom. The summed E-state index contributed by atoms with van der Waals surface area (Å²) >= 11 is 1.62. The number of thiophene rings is 1. The molecule has 0 amide bonds. The minimum absolute atomic E-state index is 0.347. The molecule has 0 saturated carbocycles. The monoisotopic (exact) mass is 268 g/mol. The fourth-order valence-corrected chi connectivity index (χ4v) is 3.22. The van der Waals surface area contributed by atoms with Crippen LogP contribution in [-0.2, 0) is 0 Å². The van der Waals surface area contributed by atoms with Crippen LogP contribution >= 0.6 is 11.3 Å². The second-order valence-corrected chi connectivity index (χ2v) is 6.05. The van der Waals surface area contributed by atoms with E-state index in [0.717, 1.165) is 17.3 Å². The van der Waals surface area contributed by atoms with Crippen LogP contribution in [0.4, 0.5) is 0 Å². The average Bonchev–Trinajstić information content (AvgIpc) is 2.93. The molecule has 1 saturated heterocycles. The van der Waals surface area contributed by atoms with E-state index in [1.807, 2.05) is 17.5 Å². The molecule has 2 N–H and O–H groups in total. The third kappa shape index (κ3) is 4.05. The molecule has 1 unspecified atom stereocenters. The third-order valence-corrected chi connectivity index (χ3v) is 4.77. The quantitative estimate of drug-likeness (QED) is 0.829. The molecule has 0 aromatic carbocycles. The fourth-order valence-electron chi connectivity index (χ4n) is 2.51. The summed E-state index contributed by atoms with van der Waals surface area (Å²) in [5, 5.41) is 15.4. The lowest BCUT2D eigenvalue weighted by Crippen LogP contribution is -2.37. The van der Waals surface area contributed by atoms with Crippen molar-refractivity contribution in [3.8, 4) is 0 Å². The molecule has 1 aromatic rings. The number of rotatable bonds is 6. The van der Waals surface area contributed by atoms with Gasteiger partial charge in [-0.3, -0.25) is 0 Å². The highest BCUT2D eigenvalue weighted by Crippen LogP contribution is 2.19. The Morgan fingerprint density at radius 2 is 2.28 bits per heavy atom. The molecule has 1 aromatic heterocycles. The van der Waals surface area contributed by atoms with Gasteiger partial charge in [-0.1, -0.05) is 13.0 Å². The number of hydrogen-bond acceptors (Lipinski definition) is 4. The van der Waals surface area contributed by atoms with E-state index >= 15 is 0 Å². The van der Waals surface area contributed by atoms with Crippen LogP contribution in [0.1, 0.15) is 30.7 Å². The summed E-state index contributed by atoms with van der Waals surface area (Å²) in [6, 6.07) is 3.99. The Bertz CT molecular complexity index is 321. The van der Waals surface area contributed by atoms with Crippen LogP contribution in [0.3, 0.4) is 0 Å². The van der Waals surface area contributed by atoms with Gasteiger partial charge < -0.3 is 15.3 Å². The molecule has 0 bridgehead atoms. The summed E-state index contributed by atoms with van der Waals surface area (Å²) in [6.07, 6.45) is 2.23. The molecule has 102 valence electrons. The van der Waals surface area contributed by atoms with Gasteiger partial charge in [-0.2, -0.15) is 0 Å². The minimum atomic E-state index is -0.347. The molecule has 1 atom stereocenters. The maximum absolute atomic E-state index is 9.96. The van der Waals surface area contributed by atoms with E-state index in [0.29, 0.717) is 6.54 Å². The van der Waals surface area contributed by atoms with Gasteiger partial charge in [0.25, 0.3) is 0 Å². The SMILES string of the molecule is CCN1CCC(CNCC(O)c2cccs2)CC1. The zero-order chi connectivity index (χ0) is 12.8. The number of nitrogens with one attached hydrogen (secondary N) is 1. The molecule has 18 heavy (non-hydrogen) atoms. The number of piperidine rings is 1. The molecule has 1 aliphatic rings. The van der Waals surface area contributed by atoms with Crippen LogP contribution in [0.5, 0.6) is 0 Å². The molecular formula is C14H24N2OS. The maximum atomic E-state index is 9.96. The van der Waals surface area contributed by atoms with Crippen molar-refractivity contribution in [2.24, 2.45) is 5.92 Å². The summed E-state index contributed by atoms with van der Waals surface area (Å²) < 4.78 is 0. The predicted octanol–water partition coefficient (Wildman–Crippen LogP) is 2.10. The van der Waals surface area contributed by atoms with Gasteiger partial charge in [0.1, 0.15) is 6.10 Å². The van der Waals surface area contributed by atoms with Gasteiger partial charge in [-0.15, -0.1) is 11.3 Å². The molecule has 2 heterocycles. The second-order valence-electron chi connectivity index (χ2n) is 5.07. The van der Waals surface area contributed by atoms with Crippen molar-refractivity contribution < 1.29 is 5.11 Å². The average molecular weight is 268 g/mol. The molecule has 0 spiro atoms. The van der Waals surface area contributed by atoms with Crippen LogP contribution in [0.15, 0.2) is 17.5 Å². The Balaban J connectivity index is 1.61. The first-order chi connectivity index (χ1) is 8.79. The summed E-state index contributed by atoms with van der Waals surface area (Å²) in [5.41, 5.74) is 0. The van der Waals surface area contributed by atoms with E-state index in [1.54, 1.807) is 11.3 Å². The highest BCUT2D eigenvalue weighted by molar-refractivity contribution is 7.10. The Hall–Kier alpha value is -0.420. The maximum Gasteiger partial charge on any atom is 0.101 e. The normalized spacial score (nSPS) is 20.1. The molecule has 1 aliphatic heterocycles. The first-order valence-corrected chi connectivity index (χ1v) is 7.82. The molecule has 3 nitrogen and oxygen atoms in total. The zero-order valence-electron chi connectivity index (χ0n) is 11.1. The van der Waals surface area contributed by atoms with Crippen molar-refractivity contribution in [1.29, 1.82) is 0 Å². The third-order valence-electron chi connectivity index (χ3n) is 3.80. The lowest BCUT2D eigenvalue weighted by molar-refractivity contribution is 0.163. The minimum Gasteiger partial charge on any atom is -0.386 e. The highest BCUT2D eigenvalue weighted by Gasteiger charge is 2.18. The largest absolute Gasteiger partial charge is 0.386 e. The van der Waals surface area contributed by atoms with E-state index in [9.17, 15) is 5.11 Å². The standard InChI is InChI=1S/C14H24N2OS/c1-2-16-7-5-12(6-8-16)10-15-11-13(17)14-4-3-9-18-14/h3-4,9,12-13,15,17H,2,5-8,10-11H2,1H3. The summed E-state index contributed by atoms with van der Waals surface area (Å²) in [6.45, 7) is 7.59. The number of likely N-dealkylation sites (tertiary alicyclic amines) is 1. The zero-order valence-corrected chi connectivity index (χ0v) is 12.0. The summed E-state index contributed by atoms with van der Waals surface area (Å²) in [4.78, 5) is 3.57. The van der Waals surface area contributed by atoms with E-state index in [1.165, 1.54) is 32.5 Å². The lowest BCUT2D eigenvalue weighted by atomic mass is 9.97. The molecule has 0 aliphatic carbocycles. The van der Waals surface area contributed by atoms with Crippen LogP contribution in [0.2, 0.25) is 0 Å². The van der Waals surface area contributed by atoms with E-state index in [-0.39, 0.29) is 6.10 Å². The Labute approximate surface area is 114 Å². The molecule has 2 rings (SSSR count). The first-order valence-electron chi connectivity index (χ1n) is 6.94. The lowest BCUT2D eigenvalue weighted by Gasteiger charge is -2.31. The topological polar surface area (TPSA) is 35.5 Å². The number of aliphatic hydroxyl groups excluding tert-OH is 1. The predicted molar refractivity (Wildman–Crippen MR) is 77.0 cm³/mol. The van der Waals surface area contributed by atoms with Crippen molar-refractivity contribution in [1.82, 2.24) is 10.2 Å². The highest BCUT2D eigenvalue weighted by atomic mass is 32.1. The summed E-state index contributed by atoms with van der Waals surface area (Å²) in [5.74, 6) is 0.781. The van der Waals surface area contributed by atoms with Gasteiger partial charge in [0.2, 0.25) is 0 Å². The smallest absolute Gasteiger partial charge is 0.101 e. The second kappa shape index (κ2) is 7.24. The van der Waals surface area contributed by atoms with Crippen molar-refractivity contribution in [2.75, 3.05) is 32.7 Å². The Morgan fingerprint density at radius 1 is 1.50 bits per heavy atom. The van der Waals surface area contributed by atoms with Crippen molar-refractivity contribution in [2.45, 2.75) is 25.9 Å². The van der Waals surface area contributed by atoms with E-state index < -0.39 is 0 Å². The van der Waals surface area contributed by atoms with Crippen LogP contribution in [0.25, 0.3) is 0 Å². The van der Waals surface area contributed by atoms with Crippen LogP contribution in [-0.4, -0.2) is 42.7 Å². The van der Waals surface area contributed by atoms with Crippen molar-refractivity contribution in [3.63, 3.8) is 0 Å². The molecule has 1 fully saturated rings. The molecule has 4 heteroatoms. The van der Waals surface area contributed by atoms with Gasteiger partial charge in [-0.05, 0) is 56.4 Å². The van der Waals surface area contributed by atoms with Crippen molar-refractivity contribution in [3.05, 3.63) is 22.4 Å². The van der Waals surface area contributed by atoms with Gasteiger partial charge in [0.15, 0.2) is 0 Å². The van der Waals surface area contributed by atoms with Gasteiger partial charge in [0, 0.05) is 11.4 Å². The number of aliphatic hydroxyl groups is 1. The van der Waals surface area contributed by atoms with Crippen molar-refractivity contribution >= 4 is 11.3 Å². The summed E-state index contributed by atoms with van der Waals surface area (Å²) in [7, 11) is 0. The Kier molecular flexibility index (Phi) is 5.63. The van der Waals surface area contributed by atoms with Crippen LogP contribution < -0.4 is 5.32 Å². The van der Waals surface area contributed by atoms with E-state index in [4.69, 9.17) is 0 Å². The number of hydrogen-bond donors (Lipinski definition) is 2. The fraction of sp³-hybridized carbons (Fsp3) is 0.714. The molecular weight excluding hydrogens is 244 g/mol. The van der Waals surface area contributed by atoms with E-state index in [2.05, 4.69) is 17.1 Å². The molecule has 0 radical (unpaired) electrons.